The van der Waals surface area contributed by atoms with Crippen LogP contribution < -0.4 is 4.72 Å². The molecule has 0 amide bonds. The zero-order valence-electron chi connectivity index (χ0n) is 9.62. The van der Waals surface area contributed by atoms with E-state index in [0.717, 1.165) is 0 Å². The summed E-state index contributed by atoms with van der Waals surface area (Å²) >= 11 is 11.5. The molecule has 0 radical (unpaired) electrons. The van der Waals surface area contributed by atoms with Gasteiger partial charge in [0.25, 0.3) is 0 Å². The molecule has 0 aliphatic rings. The summed E-state index contributed by atoms with van der Waals surface area (Å²) in [7, 11) is -3.52. The van der Waals surface area contributed by atoms with E-state index in [0.29, 0.717) is 16.4 Å². The molecule has 1 aromatic carbocycles. The molecule has 0 saturated carbocycles. The number of benzene rings is 1. The zero-order chi connectivity index (χ0) is 13.9. The predicted octanol–water partition coefficient (Wildman–Crippen LogP) is 1.90. The summed E-state index contributed by atoms with van der Waals surface area (Å²) in [6.45, 7) is 0. The maximum atomic E-state index is 11.7. The van der Waals surface area contributed by atoms with Crippen LogP contribution in [0.25, 0.3) is 5.69 Å². The van der Waals surface area contributed by atoms with Crippen molar-refractivity contribution in [3.05, 3.63) is 35.9 Å². The minimum Gasteiger partial charge on any atom is -0.281 e. The van der Waals surface area contributed by atoms with Crippen molar-refractivity contribution >= 4 is 38.9 Å². The van der Waals surface area contributed by atoms with Gasteiger partial charge in [-0.05, 0) is 12.1 Å². The Bertz CT molecular complexity index is 658. The number of alkyl halides is 1. The summed E-state index contributed by atoms with van der Waals surface area (Å²) in [6, 6.07) is 4.87. The molecule has 2 rings (SSSR count). The molecule has 6 nitrogen and oxygen atoms in total. The molecule has 2 aromatic rings. The van der Waals surface area contributed by atoms with E-state index in [9.17, 15) is 8.42 Å². The third kappa shape index (κ3) is 3.37. The number of hydrogen-bond donors (Lipinski definition) is 1. The molecule has 0 spiro atoms. The Morgan fingerprint density at radius 3 is 2.79 bits per heavy atom. The first-order valence-electron chi connectivity index (χ1n) is 5.23. The molecule has 102 valence electrons. The standard InChI is InChI=1S/C10H10Cl2N4O2S/c11-4-5-19(17,18)15-9-3-1-2-8(12)10(9)16-7-13-6-14-16/h1-3,6-7,15H,4-5H2. The topological polar surface area (TPSA) is 76.9 Å². The quantitative estimate of drug-likeness (QED) is 0.853. The van der Waals surface area contributed by atoms with Gasteiger partial charge >= 0.3 is 0 Å². The molecular weight excluding hydrogens is 311 g/mol. The molecule has 0 atom stereocenters. The highest BCUT2D eigenvalue weighted by Gasteiger charge is 2.15. The lowest BCUT2D eigenvalue weighted by atomic mass is 10.3. The highest BCUT2D eigenvalue weighted by Crippen LogP contribution is 2.28. The van der Waals surface area contributed by atoms with Gasteiger partial charge in [-0.2, -0.15) is 5.10 Å². The average molecular weight is 321 g/mol. The van der Waals surface area contributed by atoms with Crippen LogP contribution in [-0.4, -0.2) is 34.8 Å². The molecule has 1 N–H and O–H groups in total. The second kappa shape index (κ2) is 5.77. The maximum absolute atomic E-state index is 11.7. The van der Waals surface area contributed by atoms with Gasteiger partial charge in [0, 0.05) is 5.88 Å². The third-order valence-corrected chi connectivity index (χ3v) is 4.24. The number of halogens is 2. The number of nitrogens with one attached hydrogen (secondary N) is 1. The predicted molar refractivity (Wildman–Crippen MR) is 74.5 cm³/mol. The number of rotatable bonds is 5. The van der Waals surface area contributed by atoms with Crippen LogP contribution in [0.1, 0.15) is 0 Å². The number of nitrogens with zero attached hydrogens (tertiary/aromatic N) is 3. The van der Waals surface area contributed by atoms with Crippen molar-refractivity contribution in [3.8, 4) is 5.69 Å². The maximum Gasteiger partial charge on any atom is 0.233 e. The van der Waals surface area contributed by atoms with Crippen LogP contribution >= 0.6 is 23.2 Å². The second-order valence-corrected chi connectivity index (χ2v) is 6.21. The van der Waals surface area contributed by atoms with Crippen LogP contribution in [0, 0.1) is 0 Å². The highest BCUT2D eigenvalue weighted by molar-refractivity contribution is 7.92. The molecule has 1 aromatic heterocycles. The molecular formula is C10H10Cl2N4O2S. The first kappa shape index (κ1) is 14.1. The number of hydrogen-bond acceptors (Lipinski definition) is 4. The largest absolute Gasteiger partial charge is 0.281 e. The summed E-state index contributed by atoms with van der Waals surface area (Å²) in [5.74, 6) is -0.174. The summed E-state index contributed by atoms with van der Waals surface area (Å²) in [5, 5.41) is 4.30. The van der Waals surface area contributed by atoms with Gasteiger partial charge in [0.15, 0.2) is 0 Å². The van der Waals surface area contributed by atoms with Gasteiger partial charge in [0.1, 0.15) is 18.3 Å². The van der Waals surface area contributed by atoms with E-state index in [1.54, 1.807) is 18.2 Å². The lowest BCUT2D eigenvalue weighted by Gasteiger charge is -2.12. The van der Waals surface area contributed by atoms with Crippen LogP contribution in [0.2, 0.25) is 5.02 Å². The zero-order valence-corrected chi connectivity index (χ0v) is 12.0. The fourth-order valence-corrected chi connectivity index (χ4v) is 3.15. The Hall–Kier alpha value is -1.31. The number of sulfonamides is 1. The van der Waals surface area contributed by atoms with Crippen molar-refractivity contribution < 1.29 is 8.42 Å². The fraction of sp³-hybridized carbons (Fsp3) is 0.200. The van der Waals surface area contributed by atoms with E-state index in [-0.39, 0.29) is 11.6 Å². The summed E-state index contributed by atoms with van der Waals surface area (Å²) in [6.07, 6.45) is 2.76. The van der Waals surface area contributed by atoms with Crippen LogP contribution in [0.4, 0.5) is 5.69 Å². The molecule has 0 aliphatic heterocycles. The summed E-state index contributed by atoms with van der Waals surface area (Å²) in [5.41, 5.74) is 0.739. The van der Waals surface area contributed by atoms with Gasteiger partial charge in [-0.15, -0.1) is 11.6 Å². The van der Waals surface area contributed by atoms with Crippen molar-refractivity contribution in [2.24, 2.45) is 0 Å². The minimum atomic E-state index is -3.52. The Morgan fingerprint density at radius 2 is 2.16 bits per heavy atom. The normalized spacial score (nSPS) is 11.5. The lowest BCUT2D eigenvalue weighted by molar-refractivity contribution is 0.602. The minimum absolute atomic E-state index is 0.00849. The molecule has 0 bridgehead atoms. The number of anilines is 1. The van der Waals surface area contributed by atoms with Gasteiger partial charge in [-0.25, -0.2) is 18.1 Å². The van der Waals surface area contributed by atoms with Gasteiger partial charge in [0.2, 0.25) is 10.0 Å². The van der Waals surface area contributed by atoms with Crippen LogP contribution in [0.5, 0.6) is 0 Å². The van der Waals surface area contributed by atoms with E-state index in [4.69, 9.17) is 23.2 Å². The monoisotopic (exact) mass is 320 g/mol. The molecule has 0 unspecified atom stereocenters. The van der Waals surface area contributed by atoms with E-state index < -0.39 is 10.0 Å². The van der Waals surface area contributed by atoms with Gasteiger partial charge in [0.05, 0.1) is 16.5 Å². The van der Waals surface area contributed by atoms with E-state index in [2.05, 4.69) is 14.8 Å². The van der Waals surface area contributed by atoms with Gasteiger partial charge in [-0.3, -0.25) is 4.72 Å². The van der Waals surface area contributed by atoms with Crippen molar-refractivity contribution in [2.45, 2.75) is 0 Å². The lowest BCUT2D eigenvalue weighted by Crippen LogP contribution is -2.19. The summed E-state index contributed by atoms with van der Waals surface area (Å²) in [4.78, 5) is 3.81. The molecule has 0 fully saturated rings. The number of aromatic nitrogens is 3. The van der Waals surface area contributed by atoms with Gasteiger partial charge in [-0.1, -0.05) is 17.7 Å². The Morgan fingerprint density at radius 1 is 1.37 bits per heavy atom. The Kier molecular flexibility index (Phi) is 4.28. The van der Waals surface area contributed by atoms with E-state index in [1.807, 2.05) is 0 Å². The summed E-state index contributed by atoms with van der Waals surface area (Å²) < 4.78 is 27.3. The van der Waals surface area contributed by atoms with E-state index >= 15 is 0 Å². The van der Waals surface area contributed by atoms with Crippen molar-refractivity contribution in [3.63, 3.8) is 0 Å². The number of para-hydroxylation sites is 1. The van der Waals surface area contributed by atoms with Crippen LogP contribution in [0.15, 0.2) is 30.9 Å². The van der Waals surface area contributed by atoms with Crippen molar-refractivity contribution in [2.75, 3.05) is 16.4 Å². The molecule has 9 heteroatoms. The van der Waals surface area contributed by atoms with Gasteiger partial charge < -0.3 is 0 Å². The van der Waals surface area contributed by atoms with E-state index in [1.165, 1.54) is 17.3 Å². The Labute approximate surface area is 120 Å². The molecule has 19 heavy (non-hydrogen) atoms. The molecule has 0 aliphatic carbocycles. The van der Waals surface area contributed by atoms with Crippen molar-refractivity contribution in [1.82, 2.24) is 14.8 Å². The van der Waals surface area contributed by atoms with Crippen LogP contribution in [-0.2, 0) is 10.0 Å². The molecule has 0 saturated heterocycles. The third-order valence-electron chi connectivity index (χ3n) is 2.25. The smallest absolute Gasteiger partial charge is 0.233 e. The highest BCUT2D eigenvalue weighted by atomic mass is 35.5. The van der Waals surface area contributed by atoms with Crippen LogP contribution in [0.3, 0.4) is 0 Å². The SMILES string of the molecule is O=S(=O)(CCCl)Nc1cccc(Cl)c1-n1cncn1. The van der Waals surface area contributed by atoms with Crippen molar-refractivity contribution in [1.29, 1.82) is 0 Å². The second-order valence-electron chi connectivity index (χ2n) is 3.59. The Balaban J connectivity index is 2.45. The average Bonchev–Trinajstić information content (AvgIpc) is 2.81. The first-order chi connectivity index (χ1) is 9.03. The molecule has 1 heterocycles. The first-order valence-corrected chi connectivity index (χ1v) is 7.80. The fourth-order valence-electron chi connectivity index (χ4n) is 1.47.